The molecule has 18 heavy (non-hydrogen) atoms. The lowest BCUT2D eigenvalue weighted by molar-refractivity contribution is -0.124. The van der Waals surface area contributed by atoms with Crippen LogP contribution in [-0.4, -0.2) is 19.2 Å². The van der Waals surface area contributed by atoms with Crippen molar-refractivity contribution in [3.63, 3.8) is 0 Å². The summed E-state index contributed by atoms with van der Waals surface area (Å²) < 4.78 is 10.6. The highest BCUT2D eigenvalue weighted by molar-refractivity contribution is 5.78. The second-order valence-corrected chi connectivity index (χ2v) is 4.54. The van der Waals surface area contributed by atoms with Crippen molar-refractivity contribution in [3.8, 4) is 11.5 Å². The van der Waals surface area contributed by atoms with Crippen molar-refractivity contribution in [2.45, 2.75) is 26.7 Å². The van der Waals surface area contributed by atoms with Crippen LogP contribution in [0.2, 0.25) is 0 Å². The number of ether oxygens (including phenoxy) is 2. The first-order valence-corrected chi connectivity index (χ1v) is 6.37. The van der Waals surface area contributed by atoms with Gasteiger partial charge in [0, 0.05) is 12.5 Å². The van der Waals surface area contributed by atoms with Crippen LogP contribution >= 0.6 is 0 Å². The quantitative estimate of drug-likeness (QED) is 0.869. The SMILES string of the molecule is CC[C@@H](C)C(=O)NCCc1ccc2c(c1)OCO2. The van der Waals surface area contributed by atoms with E-state index in [2.05, 4.69) is 5.32 Å². The van der Waals surface area contributed by atoms with Crippen LogP contribution in [0.1, 0.15) is 25.8 Å². The minimum Gasteiger partial charge on any atom is -0.454 e. The molecule has 1 N–H and O–H groups in total. The molecule has 0 saturated carbocycles. The molecule has 2 rings (SSSR count). The maximum Gasteiger partial charge on any atom is 0.231 e. The van der Waals surface area contributed by atoms with Crippen molar-refractivity contribution < 1.29 is 14.3 Å². The first kappa shape index (κ1) is 12.7. The summed E-state index contributed by atoms with van der Waals surface area (Å²) >= 11 is 0. The standard InChI is InChI=1S/C14H19NO3/c1-3-10(2)14(16)15-7-6-11-4-5-12-13(8-11)18-9-17-12/h4-5,8,10H,3,6-7,9H2,1-2H3,(H,15,16)/t10-/m1/s1. The van der Waals surface area contributed by atoms with E-state index in [9.17, 15) is 4.79 Å². The molecule has 0 aliphatic carbocycles. The third kappa shape index (κ3) is 2.94. The minimum atomic E-state index is 0.0850. The molecule has 98 valence electrons. The van der Waals surface area contributed by atoms with Crippen LogP contribution in [0.25, 0.3) is 0 Å². The Morgan fingerprint density at radius 2 is 2.17 bits per heavy atom. The molecule has 0 radical (unpaired) electrons. The lowest BCUT2D eigenvalue weighted by Gasteiger charge is -2.10. The highest BCUT2D eigenvalue weighted by Crippen LogP contribution is 2.32. The Labute approximate surface area is 107 Å². The molecule has 4 nitrogen and oxygen atoms in total. The predicted octanol–water partition coefficient (Wildman–Crippen LogP) is 2.12. The maximum atomic E-state index is 11.6. The molecule has 1 aromatic rings. The fourth-order valence-electron chi connectivity index (χ4n) is 1.79. The molecular formula is C14H19NO3. The topological polar surface area (TPSA) is 47.6 Å². The molecule has 0 aromatic heterocycles. The van der Waals surface area contributed by atoms with E-state index in [1.54, 1.807) is 0 Å². The van der Waals surface area contributed by atoms with Crippen LogP contribution in [0.15, 0.2) is 18.2 Å². The van der Waals surface area contributed by atoms with Crippen molar-refractivity contribution in [2.75, 3.05) is 13.3 Å². The lowest BCUT2D eigenvalue weighted by atomic mass is 10.1. The summed E-state index contributed by atoms with van der Waals surface area (Å²) in [7, 11) is 0. The minimum absolute atomic E-state index is 0.0850. The number of amides is 1. The number of carbonyl (C=O) groups excluding carboxylic acids is 1. The Morgan fingerprint density at radius 1 is 1.39 bits per heavy atom. The van der Waals surface area contributed by atoms with Crippen LogP contribution < -0.4 is 14.8 Å². The van der Waals surface area contributed by atoms with Crippen molar-refractivity contribution in [2.24, 2.45) is 5.92 Å². The van der Waals surface area contributed by atoms with Crippen LogP contribution in [0, 0.1) is 5.92 Å². The molecule has 0 saturated heterocycles. The number of nitrogens with one attached hydrogen (secondary N) is 1. The first-order valence-electron chi connectivity index (χ1n) is 6.37. The predicted molar refractivity (Wildman–Crippen MR) is 68.7 cm³/mol. The molecule has 0 unspecified atom stereocenters. The summed E-state index contributed by atoms with van der Waals surface area (Å²) in [5.41, 5.74) is 1.14. The van der Waals surface area contributed by atoms with Crippen molar-refractivity contribution in [1.29, 1.82) is 0 Å². The van der Waals surface area contributed by atoms with Gasteiger partial charge in [0.2, 0.25) is 12.7 Å². The van der Waals surface area contributed by atoms with Gasteiger partial charge in [-0.15, -0.1) is 0 Å². The summed E-state index contributed by atoms with van der Waals surface area (Å²) in [5, 5.41) is 2.94. The van der Waals surface area contributed by atoms with Gasteiger partial charge in [0.15, 0.2) is 11.5 Å². The van der Waals surface area contributed by atoms with Gasteiger partial charge in [-0.1, -0.05) is 19.9 Å². The monoisotopic (exact) mass is 249 g/mol. The van der Waals surface area contributed by atoms with Crippen molar-refractivity contribution >= 4 is 5.91 Å². The Morgan fingerprint density at radius 3 is 2.94 bits per heavy atom. The molecule has 4 heteroatoms. The Balaban J connectivity index is 1.82. The molecule has 1 aliphatic heterocycles. The van der Waals surface area contributed by atoms with E-state index >= 15 is 0 Å². The number of fused-ring (bicyclic) bond motifs is 1. The second-order valence-electron chi connectivity index (χ2n) is 4.54. The summed E-state index contributed by atoms with van der Waals surface area (Å²) in [6.07, 6.45) is 1.68. The van der Waals surface area contributed by atoms with Gasteiger partial charge < -0.3 is 14.8 Å². The zero-order valence-electron chi connectivity index (χ0n) is 10.9. The zero-order valence-corrected chi connectivity index (χ0v) is 10.9. The second kappa shape index (κ2) is 5.76. The molecule has 1 aliphatic rings. The van der Waals surface area contributed by atoms with Gasteiger partial charge in [0.1, 0.15) is 0 Å². The molecule has 1 heterocycles. The molecular weight excluding hydrogens is 230 g/mol. The number of benzene rings is 1. The molecule has 1 amide bonds. The van der Waals surface area contributed by atoms with E-state index in [-0.39, 0.29) is 11.8 Å². The van der Waals surface area contributed by atoms with E-state index in [1.807, 2.05) is 32.0 Å². The highest BCUT2D eigenvalue weighted by atomic mass is 16.7. The molecule has 0 bridgehead atoms. The van der Waals surface area contributed by atoms with Gasteiger partial charge in [-0.3, -0.25) is 4.79 Å². The van der Waals surface area contributed by atoms with E-state index in [0.29, 0.717) is 13.3 Å². The lowest BCUT2D eigenvalue weighted by Crippen LogP contribution is -2.30. The molecule has 1 aromatic carbocycles. The fourth-order valence-corrected chi connectivity index (χ4v) is 1.79. The van der Waals surface area contributed by atoms with Gasteiger partial charge in [0.05, 0.1) is 0 Å². The van der Waals surface area contributed by atoms with E-state index in [0.717, 1.165) is 29.9 Å². The third-order valence-electron chi connectivity index (χ3n) is 3.21. The molecule has 0 spiro atoms. The molecule has 0 fully saturated rings. The van der Waals surface area contributed by atoms with Gasteiger partial charge in [-0.2, -0.15) is 0 Å². The summed E-state index contributed by atoms with van der Waals surface area (Å²) in [5.74, 6) is 1.79. The normalized spacial score (nSPS) is 14.3. The average Bonchev–Trinajstić information content (AvgIpc) is 2.85. The summed E-state index contributed by atoms with van der Waals surface area (Å²) in [6.45, 7) is 4.91. The summed E-state index contributed by atoms with van der Waals surface area (Å²) in [4.78, 5) is 11.6. The van der Waals surface area contributed by atoms with E-state index < -0.39 is 0 Å². The Hall–Kier alpha value is -1.71. The maximum absolute atomic E-state index is 11.6. The van der Waals surface area contributed by atoms with Gasteiger partial charge in [-0.25, -0.2) is 0 Å². The van der Waals surface area contributed by atoms with Crippen molar-refractivity contribution in [1.82, 2.24) is 5.32 Å². The van der Waals surface area contributed by atoms with Crippen LogP contribution in [-0.2, 0) is 11.2 Å². The van der Waals surface area contributed by atoms with Gasteiger partial charge in [-0.05, 0) is 30.5 Å². The Bertz CT molecular complexity index is 431. The fraction of sp³-hybridized carbons (Fsp3) is 0.500. The van der Waals surface area contributed by atoms with Gasteiger partial charge in [0.25, 0.3) is 0 Å². The van der Waals surface area contributed by atoms with Gasteiger partial charge >= 0.3 is 0 Å². The smallest absolute Gasteiger partial charge is 0.231 e. The van der Waals surface area contributed by atoms with Crippen molar-refractivity contribution in [3.05, 3.63) is 23.8 Å². The van der Waals surface area contributed by atoms with E-state index in [1.165, 1.54) is 0 Å². The number of rotatable bonds is 5. The van der Waals surface area contributed by atoms with Crippen LogP contribution in [0.3, 0.4) is 0 Å². The molecule has 1 atom stereocenters. The number of hydrogen-bond donors (Lipinski definition) is 1. The largest absolute Gasteiger partial charge is 0.454 e. The number of hydrogen-bond acceptors (Lipinski definition) is 3. The van der Waals surface area contributed by atoms with Crippen LogP contribution in [0.5, 0.6) is 11.5 Å². The third-order valence-corrected chi connectivity index (χ3v) is 3.21. The first-order chi connectivity index (χ1) is 8.70. The number of carbonyl (C=O) groups is 1. The average molecular weight is 249 g/mol. The zero-order chi connectivity index (χ0) is 13.0. The van der Waals surface area contributed by atoms with Crippen LogP contribution in [0.4, 0.5) is 0 Å². The highest BCUT2D eigenvalue weighted by Gasteiger charge is 2.13. The summed E-state index contributed by atoms with van der Waals surface area (Å²) in [6, 6.07) is 5.88. The Kier molecular flexibility index (Phi) is 4.07. The van der Waals surface area contributed by atoms with E-state index in [4.69, 9.17) is 9.47 Å².